The normalized spacial score (nSPS) is 21.2. The number of rotatable bonds is 6. The molecule has 172 valence electrons. The number of fused-ring (bicyclic) bond motifs is 1. The highest BCUT2D eigenvalue weighted by molar-refractivity contribution is 5.77. The number of anilines is 2. The van der Waals surface area contributed by atoms with Gasteiger partial charge in [0.2, 0.25) is 0 Å². The maximum atomic E-state index is 9.43. The Bertz CT molecular complexity index is 1130. The molecule has 2 N–H and O–H groups in total. The van der Waals surface area contributed by atoms with E-state index in [9.17, 15) is 5.11 Å². The monoisotopic (exact) mass is 444 g/mol. The van der Waals surface area contributed by atoms with E-state index >= 15 is 0 Å². The molecule has 3 heterocycles. The van der Waals surface area contributed by atoms with Crippen LogP contribution in [-0.2, 0) is 0 Å². The number of aliphatic hydroxyl groups is 1. The van der Waals surface area contributed by atoms with E-state index in [1.807, 2.05) is 43.3 Å². The first-order valence-electron chi connectivity index (χ1n) is 12.1. The van der Waals surface area contributed by atoms with Crippen LogP contribution in [0, 0.1) is 12.8 Å². The van der Waals surface area contributed by atoms with Crippen LogP contribution in [0.3, 0.4) is 0 Å². The van der Waals surface area contributed by atoms with Crippen molar-refractivity contribution in [2.75, 3.05) is 29.9 Å². The van der Waals surface area contributed by atoms with Crippen LogP contribution < -0.4 is 10.2 Å². The molecule has 2 aliphatic rings. The Hall–Kier alpha value is -3.06. The van der Waals surface area contributed by atoms with E-state index in [1.165, 1.54) is 12.8 Å². The van der Waals surface area contributed by atoms with Gasteiger partial charge in [-0.3, -0.25) is 0 Å². The molecule has 3 aromatic rings. The highest BCUT2D eigenvalue weighted by atomic mass is 16.3. The van der Waals surface area contributed by atoms with Crippen molar-refractivity contribution in [3.05, 3.63) is 47.5 Å². The van der Waals surface area contributed by atoms with Crippen molar-refractivity contribution in [3.8, 4) is 0 Å². The second kappa shape index (κ2) is 9.83. The Kier molecular flexibility index (Phi) is 6.48. The molecule has 33 heavy (non-hydrogen) atoms. The molecule has 0 bridgehead atoms. The lowest BCUT2D eigenvalue weighted by molar-refractivity contribution is 0.185. The molecule has 1 aliphatic heterocycles. The third-order valence-corrected chi connectivity index (χ3v) is 6.79. The van der Waals surface area contributed by atoms with Crippen LogP contribution in [0.4, 0.5) is 11.6 Å². The number of hydrogen-bond acceptors (Lipinski definition) is 7. The number of para-hydroxylation sites is 2. The molecule has 1 saturated carbocycles. The number of nitrogens with one attached hydrogen (secondary N) is 1. The SMILES string of the molecule is Cc1nc2ccccc2nc1C=Cc1nc(NC2CCC(CO)CC2)cc(N2CCCC2)n1. The first-order chi connectivity index (χ1) is 16.2. The number of aliphatic hydroxyl groups excluding tert-OH is 1. The third-order valence-electron chi connectivity index (χ3n) is 6.79. The summed E-state index contributed by atoms with van der Waals surface area (Å²) in [6, 6.07) is 10.4. The maximum Gasteiger partial charge on any atom is 0.156 e. The minimum absolute atomic E-state index is 0.297. The molecule has 1 aliphatic carbocycles. The average molecular weight is 445 g/mol. The molecule has 0 spiro atoms. The van der Waals surface area contributed by atoms with Crippen molar-refractivity contribution >= 4 is 34.8 Å². The predicted octanol–water partition coefficient (Wildman–Crippen LogP) is 4.46. The fourth-order valence-corrected chi connectivity index (χ4v) is 4.82. The van der Waals surface area contributed by atoms with E-state index in [4.69, 9.17) is 15.0 Å². The third kappa shape index (κ3) is 5.14. The van der Waals surface area contributed by atoms with Gasteiger partial charge in [-0.05, 0) is 75.7 Å². The zero-order chi connectivity index (χ0) is 22.6. The van der Waals surface area contributed by atoms with Crippen LogP contribution in [0.25, 0.3) is 23.2 Å². The van der Waals surface area contributed by atoms with Gasteiger partial charge in [-0.25, -0.2) is 19.9 Å². The van der Waals surface area contributed by atoms with Gasteiger partial charge in [0, 0.05) is 31.8 Å². The molecule has 0 amide bonds. The summed E-state index contributed by atoms with van der Waals surface area (Å²) in [5, 5.41) is 13.1. The largest absolute Gasteiger partial charge is 0.396 e. The van der Waals surface area contributed by atoms with Crippen LogP contribution in [0.1, 0.15) is 55.7 Å². The van der Waals surface area contributed by atoms with E-state index in [0.29, 0.717) is 24.4 Å². The van der Waals surface area contributed by atoms with Gasteiger partial charge in [-0.15, -0.1) is 0 Å². The average Bonchev–Trinajstić information content (AvgIpc) is 3.38. The summed E-state index contributed by atoms with van der Waals surface area (Å²) >= 11 is 0. The van der Waals surface area contributed by atoms with Crippen molar-refractivity contribution in [2.45, 2.75) is 51.5 Å². The minimum atomic E-state index is 0.297. The molecule has 0 atom stereocenters. The highest BCUT2D eigenvalue weighted by Gasteiger charge is 2.22. The van der Waals surface area contributed by atoms with Crippen molar-refractivity contribution in [2.24, 2.45) is 5.92 Å². The van der Waals surface area contributed by atoms with Crippen LogP contribution in [0.15, 0.2) is 30.3 Å². The fourth-order valence-electron chi connectivity index (χ4n) is 4.82. The Morgan fingerprint density at radius 1 is 0.970 bits per heavy atom. The summed E-state index contributed by atoms with van der Waals surface area (Å²) < 4.78 is 0. The maximum absolute atomic E-state index is 9.43. The highest BCUT2D eigenvalue weighted by Crippen LogP contribution is 2.28. The van der Waals surface area contributed by atoms with Gasteiger partial charge in [0.15, 0.2) is 5.82 Å². The summed E-state index contributed by atoms with van der Waals surface area (Å²) in [4.78, 5) is 21.5. The van der Waals surface area contributed by atoms with Crippen LogP contribution in [0.5, 0.6) is 0 Å². The Balaban J connectivity index is 1.40. The van der Waals surface area contributed by atoms with Crippen LogP contribution >= 0.6 is 0 Å². The lowest BCUT2D eigenvalue weighted by Gasteiger charge is -2.28. The van der Waals surface area contributed by atoms with Gasteiger partial charge in [0.1, 0.15) is 11.6 Å². The van der Waals surface area contributed by atoms with Crippen molar-refractivity contribution in [3.63, 3.8) is 0 Å². The van der Waals surface area contributed by atoms with Crippen LogP contribution in [-0.4, -0.2) is 50.8 Å². The lowest BCUT2D eigenvalue weighted by Crippen LogP contribution is -2.28. The van der Waals surface area contributed by atoms with Gasteiger partial charge in [-0.2, -0.15) is 0 Å². The van der Waals surface area contributed by atoms with E-state index < -0.39 is 0 Å². The molecule has 0 unspecified atom stereocenters. The number of aromatic nitrogens is 4. The first-order valence-corrected chi connectivity index (χ1v) is 12.1. The quantitative estimate of drug-likeness (QED) is 0.580. The van der Waals surface area contributed by atoms with E-state index in [2.05, 4.69) is 21.3 Å². The second-order valence-electron chi connectivity index (χ2n) is 9.22. The predicted molar refractivity (Wildman–Crippen MR) is 133 cm³/mol. The minimum Gasteiger partial charge on any atom is -0.396 e. The summed E-state index contributed by atoms with van der Waals surface area (Å²) in [6.07, 6.45) is 10.6. The van der Waals surface area contributed by atoms with Gasteiger partial charge >= 0.3 is 0 Å². The zero-order valence-electron chi connectivity index (χ0n) is 19.2. The Morgan fingerprint density at radius 3 is 2.42 bits per heavy atom. The summed E-state index contributed by atoms with van der Waals surface area (Å²) in [5.74, 6) is 2.98. The summed E-state index contributed by atoms with van der Waals surface area (Å²) in [6.45, 7) is 4.36. The molecule has 7 nitrogen and oxygen atoms in total. The van der Waals surface area contributed by atoms with Gasteiger partial charge < -0.3 is 15.3 Å². The molecule has 1 saturated heterocycles. The number of benzene rings is 1. The van der Waals surface area contributed by atoms with Gasteiger partial charge in [0.05, 0.1) is 22.4 Å². The first kappa shape index (κ1) is 21.8. The molecule has 5 rings (SSSR count). The molecule has 0 radical (unpaired) electrons. The molecule has 2 fully saturated rings. The van der Waals surface area contributed by atoms with E-state index in [1.54, 1.807) is 0 Å². The summed E-state index contributed by atoms with van der Waals surface area (Å²) in [5.41, 5.74) is 3.51. The Labute approximate surface area is 195 Å². The molecule has 2 aromatic heterocycles. The number of aryl methyl sites for hydroxylation is 1. The molecule has 1 aromatic carbocycles. The lowest BCUT2D eigenvalue weighted by atomic mass is 9.86. The standard InChI is InChI=1S/C26H32N6O/c1-18-21(29-23-7-3-2-6-22(23)27-18)12-13-24-30-25(16-26(31-24)32-14-4-5-15-32)28-20-10-8-19(17-33)9-11-20/h2-3,6-7,12-13,16,19-20,33H,4-5,8-11,14-15,17H2,1H3,(H,28,30,31). The fraction of sp³-hybridized carbons (Fsp3) is 0.462. The topological polar surface area (TPSA) is 87.1 Å². The van der Waals surface area contributed by atoms with Gasteiger partial charge in [-0.1, -0.05) is 12.1 Å². The summed E-state index contributed by atoms with van der Waals surface area (Å²) in [7, 11) is 0. The molecular formula is C26H32N6O. The van der Waals surface area contributed by atoms with Crippen LogP contribution in [0.2, 0.25) is 0 Å². The second-order valence-corrected chi connectivity index (χ2v) is 9.22. The smallest absolute Gasteiger partial charge is 0.156 e. The van der Waals surface area contributed by atoms with Crippen molar-refractivity contribution in [1.29, 1.82) is 0 Å². The number of hydrogen-bond donors (Lipinski definition) is 2. The van der Waals surface area contributed by atoms with E-state index in [0.717, 1.165) is 72.8 Å². The number of nitrogens with zero attached hydrogens (tertiary/aromatic N) is 5. The Morgan fingerprint density at radius 2 is 1.70 bits per heavy atom. The molecule has 7 heteroatoms. The van der Waals surface area contributed by atoms with Crippen molar-refractivity contribution < 1.29 is 5.11 Å². The van der Waals surface area contributed by atoms with Gasteiger partial charge in [0.25, 0.3) is 0 Å². The van der Waals surface area contributed by atoms with Crippen molar-refractivity contribution in [1.82, 2.24) is 19.9 Å². The van der Waals surface area contributed by atoms with E-state index in [-0.39, 0.29) is 0 Å². The zero-order valence-corrected chi connectivity index (χ0v) is 19.2. The molecular weight excluding hydrogens is 412 g/mol.